The normalized spacial score (nSPS) is 28.2. The highest BCUT2D eigenvalue weighted by atomic mass is 16.5. The second-order valence-electron chi connectivity index (χ2n) is 9.43. The van der Waals surface area contributed by atoms with Crippen molar-refractivity contribution < 1.29 is 9.53 Å². The first kappa shape index (κ1) is 19.8. The number of piperidine rings is 1. The smallest absolute Gasteiger partial charge is 0.265 e. The van der Waals surface area contributed by atoms with Gasteiger partial charge in [0.1, 0.15) is 5.75 Å². The zero-order valence-electron chi connectivity index (χ0n) is 17.8. The minimum absolute atomic E-state index is 0.0891. The molecule has 0 radical (unpaired) electrons. The third-order valence-corrected chi connectivity index (χ3v) is 7.02. The van der Waals surface area contributed by atoms with Crippen molar-refractivity contribution in [2.75, 3.05) is 24.6 Å². The van der Waals surface area contributed by atoms with Gasteiger partial charge in [-0.1, -0.05) is 39.2 Å². The highest BCUT2D eigenvalue weighted by molar-refractivity contribution is 5.97. The second-order valence-corrected chi connectivity index (χ2v) is 9.43. The molecule has 0 spiro atoms. The minimum Gasteiger partial charge on any atom is -0.482 e. The first-order valence-corrected chi connectivity index (χ1v) is 11.3. The Labute approximate surface area is 170 Å². The van der Waals surface area contributed by atoms with Crippen LogP contribution in [0.5, 0.6) is 5.75 Å². The number of anilines is 1. The Kier molecular flexibility index (Phi) is 5.96. The molecule has 2 saturated heterocycles. The van der Waals surface area contributed by atoms with Crippen LogP contribution in [0, 0.1) is 18.8 Å². The molecule has 3 aliphatic rings. The molecule has 0 aromatic heterocycles. The molecule has 4 rings (SSSR count). The summed E-state index contributed by atoms with van der Waals surface area (Å²) in [5.41, 5.74) is 2.12. The molecule has 4 nitrogen and oxygen atoms in total. The van der Waals surface area contributed by atoms with Gasteiger partial charge in [0.15, 0.2) is 6.61 Å². The SMILES string of the molecule is CCCCC1CC2CC[C@@H](C1)N2C[C@@H](C)CN1C(=O)COc2ccc(C)cc21. The van der Waals surface area contributed by atoms with Gasteiger partial charge in [0.05, 0.1) is 5.69 Å². The van der Waals surface area contributed by atoms with Crippen LogP contribution in [0.1, 0.15) is 64.4 Å². The molecule has 0 aliphatic carbocycles. The summed E-state index contributed by atoms with van der Waals surface area (Å²) in [6, 6.07) is 7.69. The van der Waals surface area contributed by atoms with Crippen molar-refractivity contribution in [1.82, 2.24) is 4.90 Å². The summed E-state index contributed by atoms with van der Waals surface area (Å²) in [4.78, 5) is 17.3. The van der Waals surface area contributed by atoms with Gasteiger partial charge < -0.3 is 9.64 Å². The molecule has 3 aliphatic heterocycles. The lowest BCUT2D eigenvalue weighted by atomic mass is 9.86. The third kappa shape index (κ3) is 4.07. The first-order chi connectivity index (χ1) is 13.5. The maximum absolute atomic E-state index is 12.6. The Hall–Kier alpha value is -1.55. The fourth-order valence-corrected chi connectivity index (χ4v) is 5.66. The number of hydrogen-bond acceptors (Lipinski definition) is 3. The van der Waals surface area contributed by atoms with Crippen molar-refractivity contribution in [3.05, 3.63) is 23.8 Å². The molecule has 1 aromatic rings. The van der Waals surface area contributed by atoms with Gasteiger partial charge in [-0.25, -0.2) is 0 Å². The molecule has 2 unspecified atom stereocenters. The van der Waals surface area contributed by atoms with Gasteiger partial charge in [0, 0.05) is 25.2 Å². The highest BCUT2D eigenvalue weighted by Gasteiger charge is 2.41. The average molecular weight is 385 g/mol. The van der Waals surface area contributed by atoms with Crippen molar-refractivity contribution in [3.63, 3.8) is 0 Å². The number of nitrogens with zero attached hydrogens (tertiary/aromatic N) is 2. The standard InChI is InChI=1S/C24H36N2O2/c1-4-5-6-19-12-20-8-9-21(13-19)25(20)14-18(3)15-26-22-11-17(2)7-10-23(22)28-16-24(26)27/h7,10-11,18-21H,4-6,8-9,12-16H2,1-3H3/t18-,19?,20+,21?/m1/s1. The lowest BCUT2D eigenvalue weighted by molar-refractivity contribution is -0.121. The molecule has 2 bridgehead atoms. The summed E-state index contributed by atoms with van der Waals surface area (Å²) in [6.07, 6.45) is 9.66. The molecule has 4 heteroatoms. The monoisotopic (exact) mass is 384 g/mol. The summed E-state index contributed by atoms with van der Waals surface area (Å²) >= 11 is 0. The third-order valence-electron chi connectivity index (χ3n) is 7.02. The van der Waals surface area contributed by atoms with E-state index < -0.39 is 0 Å². The first-order valence-electron chi connectivity index (χ1n) is 11.3. The number of aryl methyl sites for hydroxylation is 1. The van der Waals surface area contributed by atoms with E-state index >= 15 is 0 Å². The van der Waals surface area contributed by atoms with E-state index in [0.717, 1.165) is 42.5 Å². The number of rotatable bonds is 7. The van der Waals surface area contributed by atoms with Gasteiger partial charge in [-0.05, 0) is 62.1 Å². The minimum atomic E-state index is 0.0891. The van der Waals surface area contributed by atoms with Gasteiger partial charge in [-0.15, -0.1) is 0 Å². The van der Waals surface area contributed by atoms with Crippen LogP contribution in [-0.4, -0.2) is 42.6 Å². The Morgan fingerprint density at radius 2 is 1.93 bits per heavy atom. The zero-order chi connectivity index (χ0) is 19.7. The molecule has 28 heavy (non-hydrogen) atoms. The van der Waals surface area contributed by atoms with E-state index in [4.69, 9.17) is 4.74 Å². The quantitative estimate of drug-likeness (QED) is 0.678. The molecule has 0 saturated carbocycles. The number of benzene rings is 1. The van der Waals surface area contributed by atoms with Crippen LogP contribution in [-0.2, 0) is 4.79 Å². The van der Waals surface area contributed by atoms with Crippen LogP contribution in [0.3, 0.4) is 0 Å². The maximum atomic E-state index is 12.6. The molecule has 0 N–H and O–H groups in total. The van der Waals surface area contributed by atoms with Crippen molar-refractivity contribution in [3.8, 4) is 5.75 Å². The Morgan fingerprint density at radius 1 is 1.18 bits per heavy atom. The average Bonchev–Trinajstić information content (AvgIpc) is 2.90. The Morgan fingerprint density at radius 3 is 2.64 bits per heavy atom. The van der Waals surface area contributed by atoms with Crippen molar-refractivity contribution in [2.24, 2.45) is 11.8 Å². The van der Waals surface area contributed by atoms with E-state index in [9.17, 15) is 4.79 Å². The van der Waals surface area contributed by atoms with Gasteiger partial charge in [-0.2, -0.15) is 0 Å². The fraction of sp³-hybridized carbons (Fsp3) is 0.708. The number of fused-ring (bicyclic) bond motifs is 3. The lowest BCUT2D eigenvalue weighted by Gasteiger charge is -2.41. The van der Waals surface area contributed by atoms with Crippen LogP contribution in [0.4, 0.5) is 5.69 Å². The topological polar surface area (TPSA) is 32.8 Å². The van der Waals surface area contributed by atoms with Crippen LogP contribution < -0.4 is 9.64 Å². The van der Waals surface area contributed by atoms with Crippen molar-refractivity contribution in [1.29, 1.82) is 0 Å². The van der Waals surface area contributed by atoms with Gasteiger partial charge in [0.25, 0.3) is 5.91 Å². The van der Waals surface area contributed by atoms with E-state index in [0.29, 0.717) is 5.92 Å². The molecule has 3 heterocycles. The van der Waals surface area contributed by atoms with Gasteiger partial charge in [0.2, 0.25) is 0 Å². The van der Waals surface area contributed by atoms with Crippen molar-refractivity contribution >= 4 is 11.6 Å². The summed E-state index contributed by atoms with van der Waals surface area (Å²) in [5.74, 6) is 2.34. The van der Waals surface area contributed by atoms with E-state index in [1.807, 2.05) is 11.0 Å². The van der Waals surface area contributed by atoms with E-state index in [1.165, 1.54) is 50.5 Å². The molecule has 1 aromatic carbocycles. The number of ether oxygens (including phenoxy) is 1. The van der Waals surface area contributed by atoms with Crippen LogP contribution >= 0.6 is 0 Å². The predicted octanol–water partition coefficient (Wildman–Crippen LogP) is 4.79. The van der Waals surface area contributed by atoms with Crippen LogP contribution in [0.25, 0.3) is 0 Å². The van der Waals surface area contributed by atoms with Crippen molar-refractivity contribution in [2.45, 2.75) is 77.8 Å². The molecule has 4 atom stereocenters. The molecule has 2 fully saturated rings. The number of amides is 1. The number of carbonyl (C=O) groups is 1. The lowest BCUT2D eigenvalue weighted by Crippen LogP contribution is -2.48. The van der Waals surface area contributed by atoms with E-state index in [2.05, 4.69) is 37.8 Å². The van der Waals surface area contributed by atoms with Gasteiger partial charge >= 0.3 is 0 Å². The fourth-order valence-electron chi connectivity index (χ4n) is 5.66. The maximum Gasteiger partial charge on any atom is 0.265 e. The summed E-state index contributed by atoms with van der Waals surface area (Å²) < 4.78 is 5.64. The predicted molar refractivity (Wildman–Crippen MR) is 114 cm³/mol. The number of carbonyl (C=O) groups excluding carboxylic acids is 1. The van der Waals surface area contributed by atoms with Crippen LogP contribution in [0.15, 0.2) is 18.2 Å². The Balaban J connectivity index is 1.38. The molecule has 1 amide bonds. The summed E-state index contributed by atoms with van der Waals surface area (Å²) in [6.45, 7) is 8.74. The zero-order valence-corrected chi connectivity index (χ0v) is 17.8. The molecular weight excluding hydrogens is 348 g/mol. The highest BCUT2D eigenvalue weighted by Crippen LogP contribution is 2.41. The molecular formula is C24H36N2O2. The van der Waals surface area contributed by atoms with E-state index in [1.54, 1.807) is 0 Å². The van der Waals surface area contributed by atoms with Gasteiger partial charge in [-0.3, -0.25) is 9.69 Å². The summed E-state index contributed by atoms with van der Waals surface area (Å²) in [5, 5.41) is 0. The van der Waals surface area contributed by atoms with E-state index in [-0.39, 0.29) is 12.5 Å². The van der Waals surface area contributed by atoms with Crippen LogP contribution in [0.2, 0.25) is 0 Å². The Bertz CT molecular complexity index is 690. The number of unbranched alkanes of at least 4 members (excludes halogenated alkanes) is 1. The largest absolute Gasteiger partial charge is 0.482 e. The number of hydrogen-bond donors (Lipinski definition) is 0. The second kappa shape index (κ2) is 8.44. The molecule has 154 valence electrons. The summed E-state index contributed by atoms with van der Waals surface area (Å²) in [7, 11) is 0.